The Morgan fingerprint density at radius 3 is 2.72 bits per heavy atom. The molecule has 0 aromatic carbocycles. The third-order valence-electron chi connectivity index (χ3n) is 5.28. The molecule has 2 aliphatic rings. The van der Waals surface area contributed by atoms with Crippen molar-refractivity contribution in [1.82, 2.24) is 24.7 Å². The van der Waals surface area contributed by atoms with Crippen LogP contribution in [0.3, 0.4) is 0 Å². The van der Waals surface area contributed by atoms with E-state index in [0.29, 0.717) is 18.8 Å². The lowest BCUT2D eigenvalue weighted by Gasteiger charge is -2.39. The molecular weight excluding hydrogens is 318 g/mol. The molecule has 3 heterocycles. The molecule has 0 bridgehead atoms. The van der Waals surface area contributed by atoms with Crippen LogP contribution in [0.1, 0.15) is 35.4 Å². The Bertz CT molecular complexity index is 645. The quantitative estimate of drug-likeness (QED) is 0.807. The van der Waals surface area contributed by atoms with Crippen molar-refractivity contribution < 1.29 is 9.59 Å². The second-order valence-electron chi connectivity index (χ2n) is 7.50. The predicted octanol–water partition coefficient (Wildman–Crippen LogP) is 0.801. The minimum atomic E-state index is -0.404. The molecule has 1 unspecified atom stereocenters. The number of aryl methyl sites for hydroxylation is 1. The Hall–Kier alpha value is -2.02. The standard InChI is InChI=1S/C18H27N5O2/c1-14-11-20-15(12-19-14)16(24)23-7-4-5-18(13-23)6-8-22(17(18)25)10-9-21(2)3/h11-12H,4-10,13H2,1-3H3. The van der Waals surface area contributed by atoms with Crippen LogP contribution in [0.4, 0.5) is 0 Å². The van der Waals surface area contributed by atoms with Gasteiger partial charge >= 0.3 is 0 Å². The first-order valence-corrected chi connectivity index (χ1v) is 8.93. The van der Waals surface area contributed by atoms with E-state index in [1.54, 1.807) is 11.1 Å². The molecule has 1 aromatic heterocycles. The molecular formula is C18H27N5O2. The van der Waals surface area contributed by atoms with Crippen molar-refractivity contribution in [3.8, 4) is 0 Å². The number of piperidine rings is 1. The third-order valence-corrected chi connectivity index (χ3v) is 5.28. The van der Waals surface area contributed by atoms with Crippen LogP contribution in [0.25, 0.3) is 0 Å². The van der Waals surface area contributed by atoms with Crippen molar-refractivity contribution in [3.63, 3.8) is 0 Å². The van der Waals surface area contributed by atoms with Gasteiger partial charge in [-0.15, -0.1) is 0 Å². The predicted molar refractivity (Wildman–Crippen MR) is 94.1 cm³/mol. The van der Waals surface area contributed by atoms with Crippen LogP contribution in [0.2, 0.25) is 0 Å². The van der Waals surface area contributed by atoms with E-state index in [2.05, 4.69) is 14.9 Å². The largest absolute Gasteiger partial charge is 0.341 e. The molecule has 7 nitrogen and oxygen atoms in total. The van der Waals surface area contributed by atoms with Crippen LogP contribution in [0.5, 0.6) is 0 Å². The van der Waals surface area contributed by atoms with Crippen LogP contribution >= 0.6 is 0 Å². The number of carbonyl (C=O) groups is 2. The van der Waals surface area contributed by atoms with Crippen molar-refractivity contribution in [3.05, 3.63) is 23.8 Å². The van der Waals surface area contributed by atoms with Gasteiger partial charge in [0, 0.05) is 38.9 Å². The second-order valence-corrected chi connectivity index (χ2v) is 7.50. The molecule has 2 amide bonds. The van der Waals surface area contributed by atoms with E-state index in [-0.39, 0.29) is 11.8 Å². The Labute approximate surface area is 149 Å². The number of likely N-dealkylation sites (tertiary alicyclic amines) is 2. The van der Waals surface area contributed by atoms with Gasteiger partial charge in [-0.3, -0.25) is 14.6 Å². The highest BCUT2D eigenvalue weighted by atomic mass is 16.2. The smallest absolute Gasteiger partial charge is 0.274 e. The van der Waals surface area contributed by atoms with E-state index < -0.39 is 5.41 Å². The van der Waals surface area contributed by atoms with E-state index >= 15 is 0 Å². The summed E-state index contributed by atoms with van der Waals surface area (Å²) in [5.74, 6) is 0.0907. The average molecular weight is 345 g/mol. The minimum Gasteiger partial charge on any atom is -0.341 e. The molecule has 7 heteroatoms. The maximum atomic E-state index is 13.0. The zero-order valence-electron chi connectivity index (χ0n) is 15.4. The molecule has 2 fully saturated rings. The number of hydrogen-bond donors (Lipinski definition) is 0. The summed E-state index contributed by atoms with van der Waals surface area (Å²) in [4.78, 5) is 39.9. The molecule has 136 valence electrons. The van der Waals surface area contributed by atoms with E-state index in [0.717, 1.165) is 44.6 Å². The van der Waals surface area contributed by atoms with Gasteiger partial charge in [0.2, 0.25) is 5.91 Å². The van der Waals surface area contributed by atoms with Crippen LogP contribution < -0.4 is 0 Å². The van der Waals surface area contributed by atoms with Gasteiger partial charge in [0.1, 0.15) is 5.69 Å². The molecule has 1 spiro atoms. The molecule has 0 aliphatic carbocycles. The first-order chi connectivity index (χ1) is 11.9. The summed E-state index contributed by atoms with van der Waals surface area (Å²) >= 11 is 0. The van der Waals surface area contributed by atoms with Crippen molar-refractivity contribution in [1.29, 1.82) is 0 Å². The van der Waals surface area contributed by atoms with Gasteiger partial charge in [0.15, 0.2) is 0 Å². The summed E-state index contributed by atoms with van der Waals surface area (Å²) in [6.45, 7) is 5.43. The van der Waals surface area contributed by atoms with Gasteiger partial charge in [-0.25, -0.2) is 4.98 Å². The summed E-state index contributed by atoms with van der Waals surface area (Å²) in [5.41, 5.74) is 0.741. The number of amides is 2. The summed E-state index contributed by atoms with van der Waals surface area (Å²) in [6, 6.07) is 0. The molecule has 1 aromatic rings. The SMILES string of the molecule is Cc1cnc(C(=O)N2CCCC3(CCN(CCN(C)C)C3=O)C2)cn1. The lowest BCUT2D eigenvalue weighted by atomic mass is 9.78. The second kappa shape index (κ2) is 7.07. The molecule has 25 heavy (non-hydrogen) atoms. The van der Waals surface area contributed by atoms with Crippen LogP contribution in [-0.4, -0.2) is 83.3 Å². The maximum absolute atomic E-state index is 13.0. The third kappa shape index (κ3) is 3.66. The maximum Gasteiger partial charge on any atom is 0.274 e. The monoisotopic (exact) mass is 345 g/mol. The highest BCUT2D eigenvalue weighted by Crippen LogP contribution is 2.40. The Balaban J connectivity index is 1.69. The lowest BCUT2D eigenvalue weighted by Crippen LogP contribution is -2.50. The first kappa shape index (κ1) is 17.8. The highest BCUT2D eigenvalue weighted by Gasteiger charge is 2.49. The van der Waals surface area contributed by atoms with Gasteiger partial charge in [-0.2, -0.15) is 0 Å². The van der Waals surface area contributed by atoms with E-state index in [1.807, 2.05) is 25.9 Å². The van der Waals surface area contributed by atoms with Gasteiger partial charge < -0.3 is 14.7 Å². The number of nitrogens with zero attached hydrogens (tertiary/aromatic N) is 5. The number of likely N-dealkylation sites (N-methyl/N-ethyl adjacent to an activating group) is 1. The molecule has 0 saturated carbocycles. The first-order valence-electron chi connectivity index (χ1n) is 8.93. The zero-order valence-corrected chi connectivity index (χ0v) is 15.4. The van der Waals surface area contributed by atoms with Gasteiger partial charge in [-0.05, 0) is 40.3 Å². The normalized spacial score (nSPS) is 23.8. The topological polar surface area (TPSA) is 69.6 Å². The summed E-state index contributed by atoms with van der Waals surface area (Å²) in [7, 11) is 4.03. The van der Waals surface area contributed by atoms with Gasteiger partial charge in [0.05, 0.1) is 17.3 Å². The van der Waals surface area contributed by atoms with Crippen LogP contribution in [0.15, 0.2) is 12.4 Å². The average Bonchev–Trinajstić information content (AvgIpc) is 2.89. The fourth-order valence-corrected chi connectivity index (χ4v) is 3.78. The fraction of sp³-hybridized carbons (Fsp3) is 0.667. The minimum absolute atomic E-state index is 0.119. The summed E-state index contributed by atoms with van der Waals surface area (Å²) in [6.07, 6.45) is 5.70. The lowest BCUT2D eigenvalue weighted by molar-refractivity contribution is -0.138. The number of carbonyl (C=O) groups excluding carboxylic acids is 2. The van der Waals surface area contributed by atoms with E-state index in [1.165, 1.54) is 6.20 Å². The Morgan fingerprint density at radius 2 is 2.04 bits per heavy atom. The number of rotatable bonds is 4. The molecule has 2 aliphatic heterocycles. The molecule has 1 atom stereocenters. The Kier molecular flexibility index (Phi) is 5.03. The summed E-state index contributed by atoms with van der Waals surface area (Å²) in [5, 5.41) is 0. The number of hydrogen-bond acceptors (Lipinski definition) is 5. The molecule has 0 N–H and O–H groups in total. The van der Waals surface area contributed by atoms with Gasteiger partial charge in [-0.1, -0.05) is 0 Å². The number of aromatic nitrogens is 2. The van der Waals surface area contributed by atoms with Gasteiger partial charge in [0.25, 0.3) is 5.91 Å². The zero-order chi connectivity index (χ0) is 18.0. The molecule has 3 rings (SSSR count). The van der Waals surface area contributed by atoms with Crippen molar-refractivity contribution >= 4 is 11.8 Å². The highest BCUT2D eigenvalue weighted by molar-refractivity contribution is 5.93. The molecule has 0 radical (unpaired) electrons. The van der Waals surface area contributed by atoms with Crippen molar-refractivity contribution in [2.24, 2.45) is 5.41 Å². The van der Waals surface area contributed by atoms with Crippen LogP contribution in [-0.2, 0) is 4.79 Å². The van der Waals surface area contributed by atoms with Crippen molar-refractivity contribution in [2.75, 3.05) is 46.8 Å². The van der Waals surface area contributed by atoms with E-state index in [4.69, 9.17) is 0 Å². The Morgan fingerprint density at radius 1 is 1.24 bits per heavy atom. The van der Waals surface area contributed by atoms with Crippen molar-refractivity contribution in [2.45, 2.75) is 26.2 Å². The van der Waals surface area contributed by atoms with E-state index in [9.17, 15) is 9.59 Å². The molecule has 2 saturated heterocycles. The van der Waals surface area contributed by atoms with Crippen LogP contribution in [0, 0.1) is 12.3 Å². The summed E-state index contributed by atoms with van der Waals surface area (Å²) < 4.78 is 0. The fourth-order valence-electron chi connectivity index (χ4n) is 3.78.